The number of rotatable bonds is 6. The number of methoxy groups -OCH3 is 1. The number of aryl methyl sites for hydroxylation is 3. The van der Waals surface area contributed by atoms with Gasteiger partial charge in [-0.2, -0.15) is 4.99 Å². The SMILES string of the molecule is COC(=O)Cn1c(=NC(=O)c2ccccc2NS(=O)(=O)c2ccc(C)cc2)sc2cc(C)cc(C)c21. The number of nitrogens with zero attached hydrogens (tertiary/aromatic N) is 2. The van der Waals surface area contributed by atoms with Crippen LogP contribution in [0.15, 0.2) is 70.6 Å². The summed E-state index contributed by atoms with van der Waals surface area (Å²) >= 11 is 1.27. The third kappa shape index (κ3) is 5.24. The van der Waals surface area contributed by atoms with Crippen molar-refractivity contribution in [1.82, 2.24) is 4.57 Å². The average Bonchev–Trinajstić information content (AvgIpc) is 3.15. The molecular formula is C26H25N3O5S2. The molecule has 1 heterocycles. The Labute approximate surface area is 212 Å². The van der Waals surface area contributed by atoms with Crippen molar-refractivity contribution in [2.45, 2.75) is 32.2 Å². The van der Waals surface area contributed by atoms with E-state index in [0.717, 1.165) is 26.9 Å². The largest absolute Gasteiger partial charge is 0.468 e. The molecule has 0 unspecified atom stereocenters. The van der Waals surface area contributed by atoms with Gasteiger partial charge in [0.25, 0.3) is 15.9 Å². The Morgan fingerprint density at radius 1 is 1.00 bits per heavy atom. The van der Waals surface area contributed by atoms with Crippen molar-refractivity contribution in [3.63, 3.8) is 0 Å². The van der Waals surface area contributed by atoms with Crippen molar-refractivity contribution >= 4 is 49.1 Å². The van der Waals surface area contributed by atoms with Crippen LogP contribution in [0.2, 0.25) is 0 Å². The standard InChI is InChI=1S/C26H25N3O5S2/c1-16-9-11-19(12-10-16)36(32,33)28-21-8-6-5-7-20(21)25(31)27-26-29(15-23(30)34-4)24-18(3)13-17(2)14-22(24)35-26/h5-14,28H,15H2,1-4H3. The van der Waals surface area contributed by atoms with Crippen LogP contribution in [0.3, 0.4) is 0 Å². The van der Waals surface area contributed by atoms with Crippen molar-refractivity contribution in [2.24, 2.45) is 4.99 Å². The first kappa shape index (κ1) is 25.3. The van der Waals surface area contributed by atoms with E-state index < -0.39 is 21.9 Å². The molecule has 1 amide bonds. The fourth-order valence-corrected chi connectivity index (χ4v) is 6.13. The third-order valence-corrected chi connectivity index (χ3v) is 7.96. The van der Waals surface area contributed by atoms with Gasteiger partial charge in [-0.05, 0) is 62.2 Å². The zero-order valence-corrected chi connectivity index (χ0v) is 21.9. The van der Waals surface area contributed by atoms with Gasteiger partial charge in [-0.1, -0.05) is 47.2 Å². The highest BCUT2D eigenvalue weighted by Gasteiger charge is 2.20. The highest BCUT2D eigenvalue weighted by atomic mass is 32.2. The molecule has 3 aromatic carbocycles. The van der Waals surface area contributed by atoms with Gasteiger partial charge in [-0.3, -0.25) is 14.3 Å². The molecule has 0 atom stereocenters. The van der Waals surface area contributed by atoms with Crippen molar-refractivity contribution < 1.29 is 22.7 Å². The first-order valence-corrected chi connectivity index (χ1v) is 13.3. The van der Waals surface area contributed by atoms with E-state index in [9.17, 15) is 18.0 Å². The van der Waals surface area contributed by atoms with Crippen LogP contribution < -0.4 is 9.52 Å². The molecule has 8 nitrogen and oxygen atoms in total. The van der Waals surface area contributed by atoms with E-state index in [2.05, 4.69) is 9.71 Å². The lowest BCUT2D eigenvalue weighted by atomic mass is 10.1. The van der Waals surface area contributed by atoms with E-state index in [0.29, 0.717) is 4.80 Å². The molecular weight excluding hydrogens is 498 g/mol. The fraction of sp³-hybridized carbons (Fsp3) is 0.192. The number of aromatic nitrogens is 1. The second-order valence-corrected chi connectivity index (χ2v) is 11.0. The van der Waals surface area contributed by atoms with Crippen LogP contribution >= 0.6 is 11.3 Å². The molecule has 4 aromatic rings. The Hall–Kier alpha value is -3.76. The predicted octanol–water partition coefficient (Wildman–Crippen LogP) is 4.34. The van der Waals surface area contributed by atoms with Crippen molar-refractivity contribution in [3.8, 4) is 0 Å². The minimum atomic E-state index is -3.92. The molecule has 36 heavy (non-hydrogen) atoms. The highest BCUT2D eigenvalue weighted by Crippen LogP contribution is 2.24. The zero-order chi connectivity index (χ0) is 26.0. The van der Waals surface area contributed by atoms with Gasteiger partial charge in [-0.15, -0.1) is 0 Å². The Morgan fingerprint density at radius 3 is 2.39 bits per heavy atom. The number of fused-ring (bicyclic) bond motifs is 1. The number of hydrogen-bond donors (Lipinski definition) is 1. The van der Waals surface area contributed by atoms with E-state index >= 15 is 0 Å². The van der Waals surface area contributed by atoms with E-state index in [4.69, 9.17) is 4.74 Å². The molecule has 1 aromatic heterocycles. The zero-order valence-electron chi connectivity index (χ0n) is 20.2. The Bertz CT molecular complexity index is 1650. The lowest BCUT2D eigenvalue weighted by molar-refractivity contribution is -0.141. The van der Waals surface area contributed by atoms with Crippen LogP contribution in [-0.2, 0) is 26.1 Å². The summed E-state index contributed by atoms with van der Waals surface area (Å²) in [6, 6.07) is 16.6. The number of ether oxygens (including phenoxy) is 1. The van der Waals surface area contributed by atoms with Crippen LogP contribution in [0.25, 0.3) is 10.2 Å². The topological polar surface area (TPSA) is 107 Å². The monoisotopic (exact) mass is 523 g/mol. The molecule has 0 saturated carbocycles. The number of nitrogens with one attached hydrogen (secondary N) is 1. The van der Waals surface area contributed by atoms with Crippen LogP contribution in [0.4, 0.5) is 5.69 Å². The number of sulfonamides is 1. The molecule has 0 fully saturated rings. The normalized spacial score (nSPS) is 12.1. The second-order valence-electron chi connectivity index (χ2n) is 8.36. The summed E-state index contributed by atoms with van der Waals surface area (Å²) in [5, 5.41) is 0. The number of anilines is 1. The molecule has 0 spiro atoms. The van der Waals surface area contributed by atoms with Crippen LogP contribution in [0.1, 0.15) is 27.0 Å². The summed E-state index contributed by atoms with van der Waals surface area (Å²) in [4.78, 5) is 30.1. The lowest BCUT2D eigenvalue weighted by Crippen LogP contribution is -2.23. The first-order chi connectivity index (χ1) is 17.1. The maximum atomic E-state index is 13.3. The summed E-state index contributed by atoms with van der Waals surface area (Å²) in [7, 11) is -2.63. The molecule has 0 aliphatic rings. The van der Waals surface area contributed by atoms with Crippen LogP contribution in [0, 0.1) is 20.8 Å². The van der Waals surface area contributed by atoms with Gasteiger partial charge in [0, 0.05) is 0 Å². The number of carbonyl (C=O) groups excluding carboxylic acids is 2. The van der Waals surface area contributed by atoms with Gasteiger partial charge in [0.1, 0.15) is 6.54 Å². The van der Waals surface area contributed by atoms with Crippen LogP contribution in [0.5, 0.6) is 0 Å². The Balaban J connectivity index is 1.79. The average molecular weight is 524 g/mol. The molecule has 186 valence electrons. The van der Waals surface area contributed by atoms with E-state index in [1.54, 1.807) is 28.8 Å². The van der Waals surface area contributed by atoms with Crippen molar-refractivity contribution in [2.75, 3.05) is 11.8 Å². The summed E-state index contributed by atoms with van der Waals surface area (Å²) in [6.07, 6.45) is 0. The van der Waals surface area contributed by atoms with E-state index in [1.165, 1.54) is 42.7 Å². The summed E-state index contributed by atoms with van der Waals surface area (Å²) < 4.78 is 35.7. The van der Waals surface area contributed by atoms with Gasteiger partial charge >= 0.3 is 5.97 Å². The molecule has 4 rings (SSSR count). The highest BCUT2D eigenvalue weighted by molar-refractivity contribution is 7.92. The maximum Gasteiger partial charge on any atom is 0.325 e. The summed E-state index contributed by atoms with van der Waals surface area (Å²) in [5.41, 5.74) is 3.89. The Kier molecular flexibility index (Phi) is 7.09. The third-order valence-electron chi connectivity index (χ3n) is 5.56. The number of hydrogen-bond acceptors (Lipinski definition) is 6. The minimum Gasteiger partial charge on any atom is -0.468 e. The number of amides is 1. The summed E-state index contributed by atoms with van der Waals surface area (Å²) in [5.74, 6) is -1.12. The molecule has 0 aliphatic carbocycles. The smallest absolute Gasteiger partial charge is 0.325 e. The quantitative estimate of drug-likeness (QED) is 0.378. The molecule has 1 N–H and O–H groups in total. The van der Waals surface area contributed by atoms with E-state index in [1.807, 2.05) is 32.9 Å². The van der Waals surface area contributed by atoms with Crippen molar-refractivity contribution in [1.29, 1.82) is 0 Å². The van der Waals surface area contributed by atoms with Gasteiger partial charge in [0.05, 0.1) is 33.5 Å². The van der Waals surface area contributed by atoms with Gasteiger partial charge < -0.3 is 9.30 Å². The van der Waals surface area contributed by atoms with Gasteiger partial charge in [0.15, 0.2) is 4.80 Å². The number of thiazole rings is 1. The molecule has 0 aliphatic heterocycles. The van der Waals surface area contributed by atoms with Crippen molar-refractivity contribution in [3.05, 3.63) is 87.7 Å². The predicted molar refractivity (Wildman–Crippen MR) is 140 cm³/mol. The number of carbonyl (C=O) groups is 2. The number of para-hydroxylation sites is 1. The first-order valence-electron chi connectivity index (χ1n) is 11.0. The fourth-order valence-electron chi connectivity index (χ4n) is 3.84. The second kappa shape index (κ2) is 10.1. The number of benzene rings is 3. The summed E-state index contributed by atoms with van der Waals surface area (Å²) in [6.45, 7) is 5.64. The molecule has 10 heteroatoms. The molecule has 0 radical (unpaired) electrons. The molecule has 0 bridgehead atoms. The lowest BCUT2D eigenvalue weighted by Gasteiger charge is -2.11. The van der Waals surface area contributed by atoms with Gasteiger partial charge in [-0.25, -0.2) is 8.42 Å². The van der Waals surface area contributed by atoms with Gasteiger partial charge in [0.2, 0.25) is 0 Å². The van der Waals surface area contributed by atoms with Crippen LogP contribution in [-0.4, -0.2) is 32.0 Å². The Morgan fingerprint density at radius 2 is 1.69 bits per heavy atom. The minimum absolute atomic E-state index is 0.0820. The van der Waals surface area contributed by atoms with E-state index in [-0.39, 0.29) is 22.7 Å². The maximum absolute atomic E-state index is 13.3. The number of esters is 1. The molecule has 0 saturated heterocycles.